The molecule has 1 heterocycles. The SMILES string of the molecule is C[C@H](O)[C@H]1CCCN1N. The van der Waals surface area contributed by atoms with Gasteiger partial charge in [-0.05, 0) is 19.8 Å². The maximum absolute atomic E-state index is 9.10. The van der Waals surface area contributed by atoms with Crippen LogP contribution in [0.1, 0.15) is 19.8 Å². The molecule has 0 aromatic rings. The Hall–Kier alpha value is -0.120. The topological polar surface area (TPSA) is 49.5 Å². The van der Waals surface area contributed by atoms with Crippen molar-refractivity contribution in [3.63, 3.8) is 0 Å². The van der Waals surface area contributed by atoms with E-state index >= 15 is 0 Å². The van der Waals surface area contributed by atoms with Gasteiger partial charge in [0.15, 0.2) is 0 Å². The Labute approximate surface area is 55.4 Å². The minimum Gasteiger partial charge on any atom is -0.392 e. The zero-order valence-corrected chi connectivity index (χ0v) is 5.75. The van der Waals surface area contributed by atoms with Gasteiger partial charge in [0, 0.05) is 12.6 Å². The van der Waals surface area contributed by atoms with Crippen LogP contribution in [-0.4, -0.2) is 28.8 Å². The molecule has 1 aliphatic rings. The minimum atomic E-state index is -0.280. The number of hydrazine groups is 1. The molecule has 3 nitrogen and oxygen atoms in total. The molecule has 3 heteroatoms. The van der Waals surface area contributed by atoms with Crippen LogP contribution in [0.3, 0.4) is 0 Å². The van der Waals surface area contributed by atoms with Gasteiger partial charge in [0.1, 0.15) is 0 Å². The van der Waals surface area contributed by atoms with E-state index in [2.05, 4.69) is 0 Å². The van der Waals surface area contributed by atoms with Crippen LogP contribution in [0.25, 0.3) is 0 Å². The van der Waals surface area contributed by atoms with Gasteiger partial charge in [-0.25, -0.2) is 5.01 Å². The lowest BCUT2D eigenvalue weighted by atomic mass is 10.1. The fourth-order valence-corrected chi connectivity index (χ4v) is 1.33. The molecule has 3 N–H and O–H groups in total. The lowest BCUT2D eigenvalue weighted by molar-refractivity contribution is 0.0871. The third kappa shape index (κ3) is 1.41. The first-order valence-electron chi connectivity index (χ1n) is 3.41. The van der Waals surface area contributed by atoms with Gasteiger partial charge in [-0.3, -0.25) is 5.84 Å². The van der Waals surface area contributed by atoms with E-state index < -0.39 is 0 Å². The first-order chi connectivity index (χ1) is 4.22. The average molecular weight is 130 g/mol. The molecule has 0 aliphatic carbocycles. The fraction of sp³-hybridized carbons (Fsp3) is 1.00. The lowest BCUT2D eigenvalue weighted by Gasteiger charge is -2.20. The summed E-state index contributed by atoms with van der Waals surface area (Å²) >= 11 is 0. The van der Waals surface area contributed by atoms with Gasteiger partial charge >= 0.3 is 0 Å². The number of hydrogen-bond acceptors (Lipinski definition) is 3. The van der Waals surface area contributed by atoms with Crippen LogP contribution in [0.15, 0.2) is 0 Å². The number of nitrogens with zero attached hydrogens (tertiary/aromatic N) is 1. The molecule has 0 unspecified atom stereocenters. The summed E-state index contributed by atoms with van der Waals surface area (Å²) in [5.74, 6) is 5.55. The van der Waals surface area contributed by atoms with Gasteiger partial charge in [-0.15, -0.1) is 0 Å². The van der Waals surface area contributed by atoms with E-state index in [9.17, 15) is 0 Å². The lowest BCUT2D eigenvalue weighted by Crippen LogP contribution is -2.42. The third-order valence-electron chi connectivity index (χ3n) is 1.90. The van der Waals surface area contributed by atoms with E-state index in [0.29, 0.717) is 0 Å². The normalized spacial score (nSPS) is 33.0. The minimum absolute atomic E-state index is 0.199. The van der Waals surface area contributed by atoms with Crippen LogP contribution in [0.5, 0.6) is 0 Å². The molecule has 2 atom stereocenters. The van der Waals surface area contributed by atoms with E-state index in [-0.39, 0.29) is 12.1 Å². The van der Waals surface area contributed by atoms with Crippen molar-refractivity contribution in [1.82, 2.24) is 5.01 Å². The van der Waals surface area contributed by atoms with Gasteiger partial charge in [0.05, 0.1) is 6.10 Å². The Morgan fingerprint density at radius 3 is 2.67 bits per heavy atom. The Balaban J connectivity index is 2.40. The second-order valence-corrected chi connectivity index (χ2v) is 2.69. The van der Waals surface area contributed by atoms with E-state index in [4.69, 9.17) is 10.9 Å². The van der Waals surface area contributed by atoms with Crippen LogP contribution in [0.4, 0.5) is 0 Å². The fourth-order valence-electron chi connectivity index (χ4n) is 1.33. The van der Waals surface area contributed by atoms with E-state index in [1.54, 1.807) is 11.9 Å². The monoisotopic (exact) mass is 130 g/mol. The highest BCUT2D eigenvalue weighted by Crippen LogP contribution is 2.15. The molecule has 54 valence electrons. The van der Waals surface area contributed by atoms with Crippen LogP contribution in [0.2, 0.25) is 0 Å². The van der Waals surface area contributed by atoms with E-state index in [1.807, 2.05) is 0 Å². The third-order valence-corrected chi connectivity index (χ3v) is 1.90. The number of aliphatic hydroxyl groups is 1. The van der Waals surface area contributed by atoms with E-state index in [1.165, 1.54) is 0 Å². The number of rotatable bonds is 1. The number of aliphatic hydroxyl groups excluding tert-OH is 1. The second-order valence-electron chi connectivity index (χ2n) is 2.69. The molecule has 0 amide bonds. The summed E-state index contributed by atoms with van der Waals surface area (Å²) in [5, 5.41) is 10.8. The van der Waals surface area contributed by atoms with Crippen LogP contribution in [0, 0.1) is 0 Å². The quantitative estimate of drug-likeness (QED) is 0.479. The zero-order valence-electron chi connectivity index (χ0n) is 5.75. The van der Waals surface area contributed by atoms with Gasteiger partial charge in [0.25, 0.3) is 0 Å². The van der Waals surface area contributed by atoms with Gasteiger partial charge in [-0.2, -0.15) is 0 Å². The van der Waals surface area contributed by atoms with Crippen molar-refractivity contribution >= 4 is 0 Å². The molecule has 0 aromatic heterocycles. The maximum Gasteiger partial charge on any atom is 0.0681 e. The molecule has 0 saturated carbocycles. The van der Waals surface area contributed by atoms with Gasteiger partial charge in [-0.1, -0.05) is 0 Å². The highest BCUT2D eigenvalue weighted by molar-refractivity contribution is 4.78. The molecule has 1 aliphatic heterocycles. The Kier molecular flexibility index (Phi) is 2.05. The summed E-state index contributed by atoms with van der Waals surface area (Å²) in [6.45, 7) is 2.71. The highest BCUT2D eigenvalue weighted by Gasteiger charge is 2.25. The van der Waals surface area contributed by atoms with Crippen LogP contribution >= 0.6 is 0 Å². The summed E-state index contributed by atoms with van der Waals surface area (Å²) in [7, 11) is 0. The van der Waals surface area contributed by atoms with Crippen molar-refractivity contribution in [3.8, 4) is 0 Å². The molecule has 0 spiro atoms. The van der Waals surface area contributed by atoms with Gasteiger partial charge < -0.3 is 5.11 Å². The molecule has 1 saturated heterocycles. The summed E-state index contributed by atoms with van der Waals surface area (Å²) in [5.41, 5.74) is 0. The molecule has 1 fully saturated rings. The predicted octanol–water partition coefficient (Wildman–Crippen LogP) is -0.295. The second kappa shape index (κ2) is 2.64. The molecule has 0 aromatic carbocycles. The van der Waals surface area contributed by atoms with Crippen molar-refractivity contribution in [2.24, 2.45) is 5.84 Å². The van der Waals surface area contributed by atoms with Crippen molar-refractivity contribution < 1.29 is 5.11 Å². The summed E-state index contributed by atoms with van der Waals surface area (Å²) < 4.78 is 0. The Morgan fingerprint density at radius 2 is 2.44 bits per heavy atom. The first kappa shape index (κ1) is 6.99. The summed E-state index contributed by atoms with van der Waals surface area (Å²) in [6, 6.07) is 0.199. The summed E-state index contributed by atoms with van der Waals surface area (Å²) in [4.78, 5) is 0. The zero-order chi connectivity index (χ0) is 6.85. The number of hydrogen-bond donors (Lipinski definition) is 2. The molecule has 1 rings (SSSR count). The van der Waals surface area contributed by atoms with Crippen molar-refractivity contribution in [1.29, 1.82) is 0 Å². The predicted molar refractivity (Wildman–Crippen MR) is 35.6 cm³/mol. The van der Waals surface area contributed by atoms with Crippen molar-refractivity contribution in [3.05, 3.63) is 0 Å². The molecular weight excluding hydrogens is 116 g/mol. The van der Waals surface area contributed by atoms with Crippen LogP contribution in [-0.2, 0) is 0 Å². The molecular formula is C6H14N2O. The van der Waals surface area contributed by atoms with Crippen molar-refractivity contribution in [2.75, 3.05) is 6.54 Å². The highest BCUT2D eigenvalue weighted by atomic mass is 16.3. The number of nitrogens with two attached hydrogens (primary N) is 1. The maximum atomic E-state index is 9.10. The van der Waals surface area contributed by atoms with Crippen LogP contribution < -0.4 is 5.84 Å². The van der Waals surface area contributed by atoms with E-state index in [0.717, 1.165) is 19.4 Å². The largest absolute Gasteiger partial charge is 0.392 e. The average Bonchev–Trinajstić information content (AvgIpc) is 2.13. The van der Waals surface area contributed by atoms with Crippen molar-refractivity contribution in [2.45, 2.75) is 31.9 Å². The molecule has 0 bridgehead atoms. The van der Waals surface area contributed by atoms with Gasteiger partial charge in [0.2, 0.25) is 0 Å². The Bertz CT molecular complexity index is 95.1. The smallest absolute Gasteiger partial charge is 0.0681 e. The molecule has 9 heavy (non-hydrogen) atoms. The molecule has 0 radical (unpaired) electrons. The Morgan fingerprint density at radius 1 is 1.78 bits per heavy atom. The first-order valence-corrected chi connectivity index (χ1v) is 3.41. The summed E-state index contributed by atoms with van der Waals surface area (Å²) in [6.07, 6.45) is 1.87. The standard InChI is InChI=1S/C6H14N2O/c1-5(9)6-3-2-4-8(6)7/h5-6,9H,2-4,7H2,1H3/t5-,6+/m0/s1.